The molecule has 2 bridgehead atoms. The highest BCUT2D eigenvalue weighted by Crippen LogP contribution is 2.48. The zero-order valence-electron chi connectivity index (χ0n) is 13.9. The first kappa shape index (κ1) is 16.0. The van der Waals surface area contributed by atoms with E-state index in [2.05, 4.69) is 10.5 Å². The fourth-order valence-corrected chi connectivity index (χ4v) is 4.33. The minimum absolute atomic E-state index is 0.0172. The first-order valence-corrected chi connectivity index (χ1v) is 8.30. The first-order chi connectivity index (χ1) is 11.0. The number of rotatable bonds is 5. The van der Waals surface area contributed by atoms with Crippen LogP contribution in [0.25, 0.3) is 0 Å². The Labute approximate surface area is 135 Å². The Morgan fingerprint density at radius 3 is 2.70 bits per heavy atom. The third kappa shape index (κ3) is 2.99. The van der Waals surface area contributed by atoms with Crippen LogP contribution in [0, 0.1) is 31.6 Å². The third-order valence-corrected chi connectivity index (χ3v) is 5.50. The Morgan fingerprint density at radius 1 is 1.30 bits per heavy atom. The smallest absolute Gasteiger partial charge is 0.311 e. The molecule has 0 spiro atoms. The Morgan fingerprint density at radius 2 is 2.04 bits per heavy atom. The molecule has 1 heterocycles. The van der Waals surface area contributed by atoms with Gasteiger partial charge in [-0.05, 0) is 51.4 Å². The highest BCUT2D eigenvalue weighted by molar-refractivity contribution is 5.79. The number of amides is 1. The summed E-state index contributed by atoms with van der Waals surface area (Å²) in [6.45, 7) is 3.74. The first-order valence-electron chi connectivity index (χ1n) is 8.30. The number of carbonyl (C=O) groups is 2. The van der Waals surface area contributed by atoms with Crippen LogP contribution in [0.2, 0.25) is 0 Å². The maximum atomic E-state index is 12.3. The molecule has 4 atom stereocenters. The summed E-state index contributed by atoms with van der Waals surface area (Å²) in [5.74, 6) is 1.15. The maximum absolute atomic E-state index is 12.3. The molecule has 2 aliphatic rings. The molecule has 1 amide bonds. The number of carbonyl (C=O) groups excluding carboxylic acids is 2. The number of methoxy groups -OCH3 is 1. The molecule has 1 aromatic rings. The lowest BCUT2D eigenvalue weighted by atomic mass is 9.84. The van der Waals surface area contributed by atoms with Gasteiger partial charge in [-0.25, -0.2) is 0 Å². The van der Waals surface area contributed by atoms with Crippen LogP contribution in [0.1, 0.15) is 42.7 Å². The van der Waals surface area contributed by atoms with Crippen molar-refractivity contribution in [3.63, 3.8) is 0 Å². The third-order valence-electron chi connectivity index (χ3n) is 5.50. The number of hydrogen-bond acceptors (Lipinski definition) is 5. The van der Waals surface area contributed by atoms with Crippen LogP contribution in [0.4, 0.5) is 0 Å². The van der Waals surface area contributed by atoms with Crippen LogP contribution >= 0.6 is 0 Å². The zero-order chi connectivity index (χ0) is 16.6. The summed E-state index contributed by atoms with van der Waals surface area (Å²) in [5, 5.41) is 6.99. The Kier molecular flexibility index (Phi) is 4.41. The van der Waals surface area contributed by atoms with Crippen LogP contribution in [0.15, 0.2) is 4.52 Å². The molecule has 3 rings (SSSR count). The van der Waals surface area contributed by atoms with E-state index in [1.54, 1.807) is 0 Å². The average Bonchev–Trinajstić information content (AvgIpc) is 3.21. The van der Waals surface area contributed by atoms with Gasteiger partial charge in [0.25, 0.3) is 0 Å². The predicted molar refractivity (Wildman–Crippen MR) is 82.6 cm³/mol. The summed E-state index contributed by atoms with van der Waals surface area (Å²) < 4.78 is 10.1. The average molecular weight is 320 g/mol. The minimum atomic E-state index is -0.187. The van der Waals surface area contributed by atoms with Gasteiger partial charge in [-0.15, -0.1) is 0 Å². The van der Waals surface area contributed by atoms with Crippen molar-refractivity contribution in [3.8, 4) is 0 Å². The second-order valence-corrected chi connectivity index (χ2v) is 6.78. The lowest BCUT2D eigenvalue weighted by molar-refractivity contribution is -0.148. The standard InChI is InChI=1S/C17H24N2O4/c1-9-13(10(2)23-19-9)6-7-14(20)18-16-12-5-4-11(8-12)15(16)17(21)22-3/h11-12,15-16H,4-8H2,1-3H3,(H,18,20)/t11-,12-,15+,16-/m0/s1. The Bertz CT molecular complexity index is 590. The van der Waals surface area contributed by atoms with Crippen LogP contribution in [0.5, 0.6) is 0 Å². The molecule has 23 heavy (non-hydrogen) atoms. The second-order valence-electron chi connectivity index (χ2n) is 6.78. The monoisotopic (exact) mass is 320 g/mol. The summed E-state index contributed by atoms with van der Waals surface area (Å²) in [6.07, 6.45) is 4.17. The molecule has 0 aromatic carbocycles. The number of nitrogens with zero attached hydrogens (tertiary/aromatic N) is 1. The van der Waals surface area contributed by atoms with Crippen molar-refractivity contribution in [2.24, 2.45) is 17.8 Å². The molecule has 6 heteroatoms. The molecule has 0 saturated heterocycles. The van der Waals surface area contributed by atoms with Crippen LogP contribution < -0.4 is 5.32 Å². The van der Waals surface area contributed by atoms with Gasteiger partial charge in [0.2, 0.25) is 5.91 Å². The fraction of sp³-hybridized carbons (Fsp3) is 0.706. The number of ether oxygens (including phenoxy) is 1. The van der Waals surface area contributed by atoms with Crippen molar-refractivity contribution in [1.82, 2.24) is 10.5 Å². The van der Waals surface area contributed by atoms with Gasteiger partial charge in [0.15, 0.2) is 0 Å². The molecular formula is C17H24N2O4. The predicted octanol–water partition coefficient (Wildman–Crippen LogP) is 1.93. The summed E-state index contributed by atoms with van der Waals surface area (Å²) in [7, 11) is 1.42. The summed E-state index contributed by atoms with van der Waals surface area (Å²) >= 11 is 0. The van der Waals surface area contributed by atoms with Gasteiger partial charge in [0, 0.05) is 18.0 Å². The van der Waals surface area contributed by atoms with E-state index in [-0.39, 0.29) is 23.8 Å². The van der Waals surface area contributed by atoms with Crippen molar-refractivity contribution >= 4 is 11.9 Å². The zero-order valence-corrected chi connectivity index (χ0v) is 13.9. The molecule has 2 saturated carbocycles. The summed E-state index contributed by atoms with van der Waals surface area (Å²) in [6, 6.07) is -0.0710. The normalized spacial score (nSPS) is 28.8. The van der Waals surface area contributed by atoms with Crippen molar-refractivity contribution in [2.75, 3.05) is 7.11 Å². The van der Waals surface area contributed by atoms with Crippen molar-refractivity contribution in [3.05, 3.63) is 17.0 Å². The fourth-order valence-electron chi connectivity index (χ4n) is 4.33. The topological polar surface area (TPSA) is 81.4 Å². The number of fused-ring (bicyclic) bond motifs is 2. The van der Waals surface area contributed by atoms with E-state index < -0.39 is 0 Å². The quantitative estimate of drug-likeness (QED) is 0.838. The molecule has 0 radical (unpaired) electrons. The van der Waals surface area contributed by atoms with Gasteiger partial charge >= 0.3 is 5.97 Å². The summed E-state index contributed by atoms with van der Waals surface area (Å²) in [4.78, 5) is 24.4. The van der Waals surface area contributed by atoms with E-state index in [4.69, 9.17) is 9.26 Å². The van der Waals surface area contributed by atoms with Gasteiger partial charge in [0.05, 0.1) is 18.7 Å². The second kappa shape index (κ2) is 6.34. The van der Waals surface area contributed by atoms with Crippen molar-refractivity contribution < 1.29 is 18.8 Å². The van der Waals surface area contributed by atoms with E-state index in [1.807, 2.05) is 13.8 Å². The highest BCUT2D eigenvalue weighted by Gasteiger charge is 2.51. The molecule has 1 aromatic heterocycles. The Balaban J connectivity index is 1.60. The van der Waals surface area contributed by atoms with E-state index in [0.29, 0.717) is 24.7 Å². The van der Waals surface area contributed by atoms with E-state index in [1.165, 1.54) is 7.11 Å². The van der Waals surface area contributed by atoms with Crippen LogP contribution in [-0.2, 0) is 20.7 Å². The molecular weight excluding hydrogens is 296 g/mol. The molecule has 0 unspecified atom stereocenters. The number of esters is 1. The summed E-state index contributed by atoms with van der Waals surface area (Å²) in [5.41, 5.74) is 1.83. The maximum Gasteiger partial charge on any atom is 0.311 e. The highest BCUT2D eigenvalue weighted by atomic mass is 16.5. The Hall–Kier alpha value is -1.85. The SMILES string of the molecule is COC(=O)[C@@H]1[C@H]2CC[C@@H](C2)[C@@H]1NC(=O)CCc1c(C)noc1C. The van der Waals surface area contributed by atoms with E-state index in [0.717, 1.165) is 36.3 Å². The van der Waals surface area contributed by atoms with Gasteiger partial charge in [0.1, 0.15) is 5.76 Å². The number of nitrogens with one attached hydrogen (secondary N) is 1. The largest absolute Gasteiger partial charge is 0.469 e. The molecule has 126 valence electrons. The van der Waals surface area contributed by atoms with Crippen molar-refractivity contribution in [1.29, 1.82) is 0 Å². The lowest BCUT2D eigenvalue weighted by Gasteiger charge is -2.29. The number of hydrogen-bond donors (Lipinski definition) is 1. The molecule has 2 fully saturated rings. The number of aromatic nitrogens is 1. The van der Waals surface area contributed by atoms with E-state index in [9.17, 15) is 9.59 Å². The van der Waals surface area contributed by atoms with Gasteiger partial charge in [-0.2, -0.15) is 0 Å². The van der Waals surface area contributed by atoms with Crippen LogP contribution in [0.3, 0.4) is 0 Å². The van der Waals surface area contributed by atoms with Gasteiger partial charge in [-0.1, -0.05) is 5.16 Å². The van der Waals surface area contributed by atoms with Crippen LogP contribution in [-0.4, -0.2) is 30.2 Å². The molecule has 0 aliphatic heterocycles. The molecule has 1 N–H and O–H groups in total. The lowest BCUT2D eigenvalue weighted by Crippen LogP contribution is -2.47. The molecule has 2 aliphatic carbocycles. The van der Waals surface area contributed by atoms with Crippen molar-refractivity contribution in [2.45, 2.75) is 52.0 Å². The minimum Gasteiger partial charge on any atom is -0.469 e. The van der Waals surface area contributed by atoms with Gasteiger partial charge < -0.3 is 14.6 Å². The van der Waals surface area contributed by atoms with E-state index >= 15 is 0 Å². The molecule has 6 nitrogen and oxygen atoms in total. The van der Waals surface area contributed by atoms with Gasteiger partial charge in [-0.3, -0.25) is 9.59 Å². The number of aryl methyl sites for hydroxylation is 2.